The van der Waals surface area contributed by atoms with Crippen LogP contribution < -0.4 is 0 Å². The van der Waals surface area contributed by atoms with E-state index in [9.17, 15) is 8.78 Å². The van der Waals surface area contributed by atoms with Crippen LogP contribution in [-0.4, -0.2) is 10.2 Å². The first-order valence-electron chi connectivity index (χ1n) is 1.85. The van der Waals surface area contributed by atoms with Crippen molar-refractivity contribution in [2.75, 3.05) is 0 Å². The van der Waals surface area contributed by atoms with E-state index in [-0.39, 0.29) is 0 Å². The van der Waals surface area contributed by atoms with Crippen LogP contribution in [0, 0.1) is 0 Å². The van der Waals surface area contributed by atoms with Crippen molar-refractivity contribution in [1.82, 2.24) is 10.2 Å². The van der Waals surface area contributed by atoms with Gasteiger partial charge in [0.15, 0.2) is 0 Å². The Morgan fingerprint density at radius 1 is 1.62 bits per heavy atom. The molecule has 1 aromatic heterocycles. The first kappa shape index (κ1) is 5.14. The monoisotopic (exact) mass is 120 g/mol. The molecular formula is C3H2F2N2O. The molecule has 5 heteroatoms. The van der Waals surface area contributed by atoms with Gasteiger partial charge in [-0.3, -0.25) is 0 Å². The van der Waals surface area contributed by atoms with Crippen molar-refractivity contribution in [3.63, 3.8) is 0 Å². The second-order valence-corrected chi connectivity index (χ2v) is 1.08. The molecule has 3 nitrogen and oxygen atoms in total. The van der Waals surface area contributed by atoms with E-state index in [1.54, 1.807) is 0 Å². The molecule has 0 N–H and O–H groups in total. The van der Waals surface area contributed by atoms with Crippen molar-refractivity contribution >= 4 is 0 Å². The van der Waals surface area contributed by atoms with Gasteiger partial charge in [-0.1, -0.05) is 0 Å². The molecular weight excluding hydrogens is 118 g/mol. The van der Waals surface area contributed by atoms with E-state index in [2.05, 4.69) is 14.6 Å². The number of hydrogen-bond acceptors (Lipinski definition) is 3. The van der Waals surface area contributed by atoms with E-state index in [0.29, 0.717) is 0 Å². The van der Waals surface area contributed by atoms with Crippen LogP contribution in [0.3, 0.4) is 0 Å². The zero-order valence-corrected chi connectivity index (χ0v) is 3.71. The zero-order chi connectivity index (χ0) is 5.98. The van der Waals surface area contributed by atoms with Crippen molar-refractivity contribution < 1.29 is 13.2 Å². The van der Waals surface area contributed by atoms with Crippen LogP contribution >= 0.6 is 0 Å². The summed E-state index contributed by atoms with van der Waals surface area (Å²) in [5.41, 5.74) is 0. The van der Waals surface area contributed by atoms with Crippen molar-refractivity contribution in [1.29, 1.82) is 0 Å². The average Bonchev–Trinajstić information content (AvgIpc) is 2.12. The molecule has 0 aliphatic carbocycles. The lowest BCUT2D eigenvalue weighted by atomic mass is 10.7. The molecule has 1 heterocycles. The maximum absolute atomic E-state index is 11.4. The summed E-state index contributed by atoms with van der Waals surface area (Å²) in [5.74, 6) is -0.634. The van der Waals surface area contributed by atoms with Crippen molar-refractivity contribution in [3.8, 4) is 0 Å². The SMILES string of the molecule is FC(F)c1nnco1. The molecule has 0 fully saturated rings. The second kappa shape index (κ2) is 1.85. The highest BCUT2D eigenvalue weighted by molar-refractivity contribution is 4.72. The molecule has 0 aliphatic heterocycles. The molecule has 0 atom stereocenters. The Hall–Kier alpha value is -1.00. The third-order valence-corrected chi connectivity index (χ3v) is 0.564. The highest BCUT2D eigenvalue weighted by atomic mass is 19.3. The van der Waals surface area contributed by atoms with E-state index in [0.717, 1.165) is 6.39 Å². The molecule has 0 saturated carbocycles. The molecule has 0 aromatic carbocycles. The maximum Gasteiger partial charge on any atom is 0.314 e. The van der Waals surface area contributed by atoms with Gasteiger partial charge in [-0.2, -0.15) is 8.78 Å². The molecule has 0 aliphatic rings. The minimum atomic E-state index is -2.66. The van der Waals surface area contributed by atoms with Crippen LogP contribution in [0.15, 0.2) is 10.8 Å². The van der Waals surface area contributed by atoms with E-state index in [1.807, 2.05) is 0 Å². The summed E-state index contributed by atoms with van der Waals surface area (Å²) >= 11 is 0. The number of rotatable bonds is 1. The lowest BCUT2D eigenvalue weighted by Crippen LogP contribution is -1.81. The van der Waals surface area contributed by atoms with Crippen molar-refractivity contribution in [3.05, 3.63) is 12.3 Å². The fourth-order valence-electron chi connectivity index (χ4n) is 0.277. The third kappa shape index (κ3) is 0.800. The third-order valence-electron chi connectivity index (χ3n) is 0.564. The van der Waals surface area contributed by atoms with Crippen LogP contribution in [0.25, 0.3) is 0 Å². The smallest absolute Gasteiger partial charge is 0.314 e. The summed E-state index contributed by atoms with van der Waals surface area (Å²) in [7, 11) is 0. The van der Waals surface area contributed by atoms with Crippen LogP contribution in [0.5, 0.6) is 0 Å². The summed E-state index contributed by atoms with van der Waals surface area (Å²) < 4.78 is 26.9. The lowest BCUT2D eigenvalue weighted by molar-refractivity contribution is 0.115. The van der Waals surface area contributed by atoms with Gasteiger partial charge in [-0.05, 0) is 0 Å². The highest BCUT2D eigenvalue weighted by Gasteiger charge is 2.11. The molecule has 1 rings (SSSR count). The highest BCUT2D eigenvalue weighted by Crippen LogP contribution is 2.13. The fourth-order valence-corrected chi connectivity index (χ4v) is 0.277. The molecule has 0 amide bonds. The standard InChI is InChI=1S/C3H2F2N2O/c4-2(5)3-7-6-1-8-3/h1-2H. The van der Waals surface area contributed by atoms with Crippen LogP contribution in [0.2, 0.25) is 0 Å². The van der Waals surface area contributed by atoms with Gasteiger partial charge in [-0.25, -0.2) is 0 Å². The normalized spacial score (nSPS) is 10.4. The van der Waals surface area contributed by atoms with Gasteiger partial charge in [0, 0.05) is 0 Å². The summed E-state index contributed by atoms with van der Waals surface area (Å²) in [5, 5.41) is 6.00. The van der Waals surface area contributed by atoms with Crippen molar-refractivity contribution in [2.24, 2.45) is 0 Å². The quantitative estimate of drug-likeness (QED) is 0.555. The van der Waals surface area contributed by atoms with Gasteiger partial charge in [0.1, 0.15) is 0 Å². The summed E-state index contributed by atoms with van der Waals surface area (Å²) in [4.78, 5) is 0. The number of halogens is 2. The summed E-state index contributed by atoms with van der Waals surface area (Å²) in [6.45, 7) is 0. The predicted molar refractivity (Wildman–Crippen MR) is 19.3 cm³/mol. The zero-order valence-electron chi connectivity index (χ0n) is 3.71. The Balaban J connectivity index is 2.77. The summed E-state index contributed by atoms with van der Waals surface area (Å²) in [6.07, 6.45) is -1.79. The number of hydrogen-bond donors (Lipinski definition) is 0. The molecule has 44 valence electrons. The van der Waals surface area contributed by atoms with Gasteiger partial charge in [0.25, 0.3) is 5.89 Å². The van der Waals surface area contributed by atoms with Crippen LogP contribution in [0.4, 0.5) is 8.78 Å². The van der Waals surface area contributed by atoms with Crippen LogP contribution in [-0.2, 0) is 0 Å². The Labute approximate surface area is 43.3 Å². The molecule has 0 radical (unpaired) electrons. The summed E-state index contributed by atoms with van der Waals surface area (Å²) in [6, 6.07) is 0. The fraction of sp³-hybridized carbons (Fsp3) is 0.333. The number of aromatic nitrogens is 2. The molecule has 8 heavy (non-hydrogen) atoms. The number of nitrogens with zero attached hydrogens (tertiary/aromatic N) is 2. The second-order valence-electron chi connectivity index (χ2n) is 1.08. The lowest BCUT2D eigenvalue weighted by Gasteiger charge is -1.83. The molecule has 0 bridgehead atoms. The Morgan fingerprint density at radius 2 is 2.38 bits per heavy atom. The van der Waals surface area contributed by atoms with Gasteiger partial charge < -0.3 is 4.42 Å². The van der Waals surface area contributed by atoms with Gasteiger partial charge in [-0.15, -0.1) is 10.2 Å². The van der Waals surface area contributed by atoms with Crippen LogP contribution in [0.1, 0.15) is 12.3 Å². The predicted octanol–water partition coefficient (Wildman–Crippen LogP) is 1.01. The maximum atomic E-state index is 11.4. The Kier molecular flexibility index (Phi) is 1.19. The molecule has 1 aromatic rings. The van der Waals surface area contributed by atoms with Gasteiger partial charge in [0.05, 0.1) is 0 Å². The van der Waals surface area contributed by atoms with E-state index < -0.39 is 12.3 Å². The number of alkyl halides is 2. The minimum Gasteiger partial charge on any atom is -0.423 e. The molecule has 0 spiro atoms. The molecule has 0 saturated heterocycles. The van der Waals surface area contributed by atoms with Gasteiger partial charge >= 0.3 is 6.43 Å². The van der Waals surface area contributed by atoms with E-state index in [4.69, 9.17) is 0 Å². The Bertz CT molecular complexity index is 150. The van der Waals surface area contributed by atoms with Crippen molar-refractivity contribution in [2.45, 2.75) is 6.43 Å². The first-order valence-corrected chi connectivity index (χ1v) is 1.85. The first-order chi connectivity index (χ1) is 3.80. The Morgan fingerprint density at radius 3 is 2.62 bits per heavy atom. The molecule has 0 unspecified atom stereocenters. The largest absolute Gasteiger partial charge is 0.423 e. The van der Waals surface area contributed by atoms with E-state index in [1.165, 1.54) is 0 Å². The van der Waals surface area contributed by atoms with Gasteiger partial charge in [0.2, 0.25) is 6.39 Å². The minimum absolute atomic E-state index is 0.634. The average molecular weight is 120 g/mol. The van der Waals surface area contributed by atoms with E-state index >= 15 is 0 Å². The topological polar surface area (TPSA) is 38.9 Å².